The van der Waals surface area contributed by atoms with Crippen LogP contribution in [-0.4, -0.2) is 38.4 Å². The summed E-state index contributed by atoms with van der Waals surface area (Å²) in [6, 6.07) is 7.79. The van der Waals surface area contributed by atoms with Gasteiger partial charge in [-0.25, -0.2) is 8.42 Å². The van der Waals surface area contributed by atoms with E-state index in [-0.39, 0.29) is 24.1 Å². The molecule has 5 nitrogen and oxygen atoms in total. The number of hydrogen-bond donors (Lipinski definition) is 2. The third kappa shape index (κ3) is 2.90. The standard InChI is InChI=1S/C15H20N2O3S/c18-15(17-10-11-4-3-9-21(11,19)20)13-7-8-16-14-6-2-1-5-12(13)14/h1-2,5-6,11,13,16H,3-4,7-10H2,(H,17,18). The van der Waals surface area contributed by atoms with Crippen molar-refractivity contribution in [3.63, 3.8) is 0 Å². The third-order valence-electron chi connectivity index (χ3n) is 4.37. The average molecular weight is 308 g/mol. The first kappa shape index (κ1) is 14.4. The van der Waals surface area contributed by atoms with Gasteiger partial charge in [-0.3, -0.25) is 4.79 Å². The highest BCUT2D eigenvalue weighted by atomic mass is 32.2. The van der Waals surface area contributed by atoms with Crippen molar-refractivity contribution in [2.75, 3.05) is 24.2 Å². The summed E-state index contributed by atoms with van der Waals surface area (Å²) in [5, 5.41) is 5.72. The zero-order valence-corrected chi connectivity index (χ0v) is 12.7. The number of benzene rings is 1. The average Bonchev–Trinajstić information content (AvgIpc) is 2.83. The molecule has 2 unspecified atom stereocenters. The van der Waals surface area contributed by atoms with Crippen molar-refractivity contribution >= 4 is 21.4 Å². The quantitative estimate of drug-likeness (QED) is 0.882. The van der Waals surface area contributed by atoms with E-state index in [2.05, 4.69) is 10.6 Å². The number of carbonyl (C=O) groups excluding carboxylic acids is 1. The van der Waals surface area contributed by atoms with Crippen LogP contribution < -0.4 is 10.6 Å². The number of amides is 1. The van der Waals surface area contributed by atoms with E-state index in [1.807, 2.05) is 24.3 Å². The molecule has 114 valence electrons. The van der Waals surface area contributed by atoms with E-state index in [9.17, 15) is 13.2 Å². The van der Waals surface area contributed by atoms with Crippen LogP contribution in [0.1, 0.15) is 30.7 Å². The van der Waals surface area contributed by atoms with Gasteiger partial charge in [0.15, 0.2) is 9.84 Å². The van der Waals surface area contributed by atoms with Gasteiger partial charge in [-0.2, -0.15) is 0 Å². The summed E-state index contributed by atoms with van der Waals surface area (Å²) in [6.45, 7) is 1.00. The number of sulfone groups is 1. The fourth-order valence-electron chi connectivity index (χ4n) is 3.17. The largest absolute Gasteiger partial charge is 0.385 e. The molecule has 2 N–H and O–H groups in total. The highest BCUT2D eigenvalue weighted by molar-refractivity contribution is 7.92. The lowest BCUT2D eigenvalue weighted by molar-refractivity contribution is -0.122. The second-order valence-electron chi connectivity index (χ2n) is 5.73. The summed E-state index contributed by atoms with van der Waals surface area (Å²) in [5.74, 6) is 0.00147. The molecule has 0 aliphatic carbocycles. The van der Waals surface area contributed by atoms with Crippen LogP contribution in [0.25, 0.3) is 0 Å². The Kier molecular flexibility index (Phi) is 3.89. The van der Waals surface area contributed by atoms with E-state index in [0.29, 0.717) is 12.8 Å². The van der Waals surface area contributed by atoms with E-state index in [0.717, 1.165) is 24.2 Å². The summed E-state index contributed by atoms with van der Waals surface area (Å²) in [5.41, 5.74) is 1.99. The van der Waals surface area contributed by atoms with Crippen LogP contribution in [-0.2, 0) is 14.6 Å². The van der Waals surface area contributed by atoms with Gasteiger partial charge in [-0.15, -0.1) is 0 Å². The molecule has 0 spiro atoms. The first-order valence-electron chi connectivity index (χ1n) is 7.40. The molecule has 1 fully saturated rings. The first-order valence-corrected chi connectivity index (χ1v) is 9.11. The van der Waals surface area contributed by atoms with Crippen LogP contribution in [0.5, 0.6) is 0 Å². The number of nitrogens with one attached hydrogen (secondary N) is 2. The van der Waals surface area contributed by atoms with E-state index in [1.165, 1.54) is 0 Å². The summed E-state index contributed by atoms with van der Waals surface area (Å²) < 4.78 is 23.6. The predicted octanol–water partition coefficient (Wildman–Crippen LogP) is 1.28. The Bertz CT molecular complexity index is 642. The number of rotatable bonds is 3. The summed E-state index contributed by atoms with van der Waals surface area (Å²) in [4.78, 5) is 12.4. The molecule has 0 saturated carbocycles. The minimum Gasteiger partial charge on any atom is -0.385 e. The molecule has 2 aliphatic heterocycles. The fourth-order valence-corrected chi connectivity index (χ4v) is 4.93. The Morgan fingerprint density at radius 1 is 1.29 bits per heavy atom. The maximum atomic E-state index is 12.4. The van der Waals surface area contributed by atoms with E-state index in [1.54, 1.807) is 0 Å². The molecule has 1 amide bonds. The molecule has 0 radical (unpaired) electrons. The molecule has 0 bridgehead atoms. The molecule has 0 aromatic heterocycles. The first-order chi connectivity index (χ1) is 10.1. The number of para-hydroxylation sites is 1. The van der Waals surface area contributed by atoms with Gasteiger partial charge in [-0.1, -0.05) is 18.2 Å². The van der Waals surface area contributed by atoms with Crippen molar-refractivity contribution in [2.45, 2.75) is 30.4 Å². The Morgan fingerprint density at radius 2 is 2.10 bits per heavy atom. The zero-order chi connectivity index (χ0) is 14.9. The fraction of sp³-hybridized carbons (Fsp3) is 0.533. The van der Waals surface area contributed by atoms with Gasteiger partial charge in [0.25, 0.3) is 0 Å². The lowest BCUT2D eigenvalue weighted by Crippen LogP contribution is -2.38. The van der Waals surface area contributed by atoms with Crippen molar-refractivity contribution < 1.29 is 13.2 Å². The molecule has 1 saturated heterocycles. The van der Waals surface area contributed by atoms with Crippen molar-refractivity contribution in [2.24, 2.45) is 0 Å². The van der Waals surface area contributed by atoms with Gasteiger partial charge in [0, 0.05) is 18.8 Å². The lowest BCUT2D eigenvalue weighted by Gasteiger charge is -2.26. The van der Waals surface area contributed by atoms with Crippen LogP contribution in [0, 0.1) is 0 Å². The molecule has 3 rings (SSSR count). The zero-order valence-electron chi connectivity index (χ0n) is 11.8. The molecule has 1 aromatic carbocycles. The topological polar surface area (TPSA) is 75.3 Å². The highest BCUT2D eigenvalue weighted by Gasteiger charge is 2.33. The molecule has 21 heavy (non-hydrogen) atoms. The molecule has 2 atom stereocenters. The van der Waals surface area contributed by atoms with Crippen LogP contribution in [0.2, 0.25) is 0 Å². The highest BCUT2D eigenvalue weighted by Crippen LogP contribution is 2.31. The lowest BCUT2D eigenvalue weighted by atomic mass is 9.90. The second kappa shape index (κ2) is 5.67. The minimum atomic E-state index is -3.00. The normalized spacial score (nSPS) is 26.7. The Labute approximate surface area is 125 Å². The number of anilines is 1. The van der Waals surface area contributed by atoms with Gasteiger partial charge in [0.2, 0.25) is 5.91 Å². The van der Waals surface area contributed by atoms with Crippen LogP contribution in [0.3, 0.4) is 0 Å². The number of carbonyl (C=O) groups is 1. The van der Waals surface area contributed by atoms with E-state index >= 15 is 0 Å². The van der Waals surface area contributed by atoms with Gasteiger partial charge in [0.05, 0.1) is 16.9 Å². The maximum Gasteiger partial charge on any atom is 0.227 e. The third-order valence-corrected chi connectivity index (χ3v) is 6.64. The summed E-state index contributed by atoms with van der Waals surface area (Å²) in [6.07, 6.45) is 2.10. The van der Waals surface area contributed by atoms with Crippen molar-refractivity contribution in [3.8, 4) is 0 Å². The number of hydrogen-bond acceptors (Lipinski definition) is 4. The Balaban J connectivity index is 1.67. The van der Waals surface area contributed by atoms with Crippen molar-refractivity contribution in [1.29, 1.82) is 0 Å². The number of fused-ring (bicyclic) bond motifs is 1. The monoisotopic (exact) mass is 308 g/mol. The molecular formula is C15H20N2O3S. The Hall–Kier alpha value is -1.56. The van der Waals surface area contributed by atoms with Crippen LogP contribution in [0.4, 0.5) is 5.69 Å². The van der Waals surface area contributed by atoms with Gasteiger partial charge in [0.1, 0.15) is 0 Å². The predicted molar refractivity (Wildman–Crippen MR) is 82.1 cm³/mol. The molecule has 6 heteroatoms. The second-order valence-corrected chi connectivity index (χ2v) is 8.13. The molecular weight excluding hydrogens is 288 g/mol. The molecule has 1 aromatic rings. The SMILES string of the molecule is O=C(NCC1CCCS1(=O)=O)C1CCNc2ccccc21. The smallest absolute Gasteiger partial charge is 0.227 e. The maximum absolute atomic E-state index is 12.4. The van der Waals surface area contributed by atoms with Gasteiger partial charge < -0.3 is 10.6 Å². The van der Waals surface area contributed by atoms with E-state index in [4.69, 9.17) is 0 Å². The van der Waals surface area contributed by atoms with Gasteiger partial charge in [-0.05, 0) is 30.9 Å². The Morgan fingerprint density at radius 3 is 2.86 bits per heavy atom. The minimum absolute atomic E-state index is 0.0638. The van der Waals surface area contributed by atoms with Gasteiger partial charge >= 0.3 is 0 Å². The van der Waals surface area contributed by atoms with Crippen molar-refractivity contribution in [3.05, 3.63) is 29.8 Å². The molecule has 2 heterocycles. The van der Waals surface area contributed by atoms with Crippen molar-refractivity contribution in [1.82, 2.24) is 5.32 Å². The molecule has 2 aliphatic rings. The van der Waals surface area contributed by atoms with E-state index < -0.39 is 15.1 Å². The van der Waals surface area contributed by atoms with Crippen LogP contribution >= 0.6 is 0 Å². The summed E-state index contributed by atoms with van der Waals surface area (Å²) in [7, 11) is -3.00. The van der Waals surface area contributed by atoms with Crippen LogP contribution in [0.15, 0.2) is 24.3 Å². The summed E-state index contributed by atoms with van der Waals surface area (Å²) >= 11 is 0.